The van der Waals surface area contributed by atoms with Crippen molar-refractivity contribution in [3.05, 3.63) is 78.4 Å². The SMILES string of the molecule is CC(NC(=O)O)c1ncc2n1CC(O[Si](c1ccccc1)(c1ccccc1)C(C)(C)C)C2. The van der Waals surface area contributed by atoms with E-state index in [9.17, 15) is 4.79 Å². The molecule has 0 saturated carbocycles. The molecule has 6 nitrogen and oxygen atoms in total. The number of imidazole rings is 1. The highest BCUT2D eigenvalue weighted by Gasteiger charge is 2.52. The van der Waals surface area contributed by atoms with E-state index in [0.717, 1.165) is 17.9 Å². The zero-order valence-corrected chi connectivity index (χ0v) is 20.1. The summed E-state index contributed by atoms with van der Waals surface area (Å²) in [5, 5.41) is 14.1. The van der Waals surface area contributed by atoms with Crippen LogP contribution in [-0.2, 0) is 17.4 Å². The van der Waals surface area contributed by atoms with E-state index >= 15 is 0 Å². The molecule has 3 aromatic rings. The zero-order chi connectivity index (χ0) is 22.9. The van der Waals surface area contributed by atoms with Gasteiger partial charge in [-0.15, -0.1) is 0 Å². The Labute approximate surface area is 190 Å². The van der Waals surface area contributed by atoms with Crippen molar-refractivity contribution in [3.8, 4) is 0 Å². The molecule has 1 amide bonds. The van der Waals surface area contributed by atoms with Crippen LogP contribution >= 0.6 is 0 Å². The fourth-order valence-electron chi connectivity index (χ4n) is 4.92. The number of nitrogens with zero attached hydrogens (tertiary/aromatic N) is 2. The van der Waals surface area contributed by atoms with Crippen LogP contribution in [0.3, 0.4) is 0 Å². The Balaban J connectivity index is 1.72. The van der Waals surface area contributed by atoms with Crippen molar-refractivity contribution >= 4 is 24.8 Å². The quantitative estimate of drug-likeness (QED) is 0.563. The number of carbonyl (C=O) groups is 1. The van der Waals surface area contributed by atoms with E-state index in [1.807, 2.05) is 25.3 Å². The molecule has 0 spiro atoms. The van der Waals surface area contributed by atoms with Gasteiger partial charge in [0.25, 0.3) is 8.32 Å². The summed E-state index contributed by atoms with van der Waals surface area (Å²) < 4.78 is 9.36. The van der Waals surface area contributed by atoms with Crippen molar-refractivity contribution in [2.75, 3.05) is 0 Å². The molecule has 1 aliphatic rings. The molecule has 2 heterocycles. The van der Waals surface area contributed by atoms with Gasteiger partial charge in [0.2, 0.25) is 0 Å². The fourth-order valence-corrected chi connectivity index (χ4v) is 9.59. The fraction of sp³-hybridized carbons (Fsp3) is 0.360. The third-order valence-corrected chi connectivity index (χ3v) is 11.4. The molecule has 168 valence electrons. The Bertz CT molecular complexity index is 1040. The molecule has 0 radical (unpaired) electrons. The van der Waals surface area contributed by atoms with E-state index in [-0.39, 0.29) is 17.2 Å². The number of hydrogen-bond donors (Lipinski definition) is 2. The first-order chi connectivity index (χ1) is 15.2. The molecule has 2 aromatic carbocycles. The van der Waals surface area contributed by atoms with E-state index in [4.69, 9.17) is 9.53 Å². The summed E-state index contributed by atoms with van der Waals surface area (Å²) in [6.45, 7) is 9.32. The molecule has 0 bridgehead atoms. The zero-order valence-electron chi connectivity index (χ0n) is 19.1. The average molecular weight is 450 g/mol. The van der Waals surface area contributed by atoms with Crippen LogP contribution in [0.2, 0.25) is 5.04 Å². The number of benzene rings is 2. The summed E-state index contributed by atoms with van der Waals surface area (Å²) >= 11 is 0. The lowest BCUT2D eigenvalue weighted by atomic mass is 10.2. The lowest BCUT2D eigenvalue weighted by molar-refractivity contribution is 0.184. The van der Waals surface area contributed by atoms with Crippen LogP contribution in [0.4, 0.5) is 4.79 Å². The Morgan fingerprint density at radius 1 is 1.12 bits per heavy atom. The van der Waals surface area contributed by atoms with Crippen molar-refractivity contribution < 1.29 is 14.3 Å². The van der Waals surface area contributed by atoms with Gasteiger partial charge < -0.3 is 19.4 Å². The third-order valence-electron chi connectivity index (χ3n) is 6.28. The van der Waals surface area contributed by atoms with Crippen molar-refractivity contribution in [2.45, 2.75) is 57.8 Å². The Kier molecular flexibility index (Phi) is 5.96. The summed E-state index contributed by atoms with van der Waals surface area (Å²) in [5.74, 6) is 0.732. The summed E-state index contributed by atoms with van der Waals surface area (Å²) in [7, 11) is -2.64. The van der Waals surface area contributed by atoms with Crippen molar-refractivity contribution in [1.82, 2.24) is 14.9 Å². The first kappa shape index (κ1) is 22.3. The van der Waals surface area contributed by atoms with Gasteiger partial charge in [-0.3, -0.25) is 0 Å². The lowest BCUT2D eigenvalue weighted by Gasteiger charge is -2.44. The molecule has 4 rings (SSSR count). The maximum Gasteiger partial charge on any atom is 0.405 e. The van der Waals surface area contributed by atoms with Crippen LogP contribution in [0.25, 0.3) is 0 Å². The van der Waals surface area contributed by atoms with Crippen molar-refractivity contribution in [3.63, 3.8) is 0 Å². The van der Waals surface area contributed by atoms with Crippen molar-refractivity contribution in [1.29, 1.82) is 0 Å². The monoisotopic (exact) mass is 449 g/mol. The topological polar surface area (TPSA) is 76.4 Å². The summed E-state index contributed by atoms with van der Waals surface area (Å²) in [5.41, 5.74) is 1.09. The average Bonchev–Trinajstić information content (AvgIpc) is 3.32. The second kappa shape index (κ2) is 8.56. The Morgan fingerprint density at radius 2 is 1.69 bits per heavy atom. The van der Waals surface area contributed by atoms with Gasteiger partial charge in [0.05, 0.1) is 12.1 Å². The molecular formula is C25H31N3O3Si. The maximum atomic E-state index is 11.1. The number of carboxylic acid groups (broad SMARTS) is 1. The van der Waals surface area contributed by atoms with Gasteiger partial charge >= 0.3 is 6.09 Å². The van der Waals surface area contributed by atoms with Crippen LogP contribution in [0, 0.1) is 0 Å². The molecule has 1 aliphatic heterocycles. The minimum absolute atomic E-state index is 0.00455. The van der Waals surface area contributed by atoms with E-state index in [1.165, 1.54) is 10.4 Å². The van der Waals surface area contributed by atoms with Crippen LogP contribution in [0.1, 0.15) is 45.3 Å². The molecule has 2 unspecified atom stereocenters. The molecule has 2 N–H and O–H groups in total. The van der Waals surface area contributed by atoms with Crippen LogP contribution in [0.15, 0.2) is 66.9 Å². The molecule has 7 heteroatoms. The smallest absolute Gasteiger partial charge is 0.405 e. The van der Waals surface area contributed by atoms with E-state index < -0.39 is 14.4 Å². The van der Waals surface area contributed by atoms with Gasteiger partial charge in [0.1, 0.15) is 5.82 Å². The second-order valence-corrected chi connectivity index (χ2v) is 13.7. The molecule has 0 aliphatic carbocycles. The predicted molar refractivity (Wildman–Crippen MR) is 128 cm³/mol. The number of aromatic nitrogens is 2. The van der Waals surface area contributed by atoms with E-state index in [1.54, 1.807) is 0 Å². The highest BCUT2D eigenvalue weighted by molar-refractivity contribution is 6.99. The largest absolute Gasteiger partial charge is 0.465 e. The van der Waals surface area contributed by atoms with Gasteiger partial charge in [-0.1, -0.05) is 81.4 Å². The van der Waals surface area contributed by atoms with Crippen molar-refractivity contribution in [2.24, 2.45) is 0 Å². The molecule has 32 heavy (non-hydrogen) atoms. The number of nitrogens with one attached hydrogen (secondary N) is 1. The number of fused-ring (bicyclic) bond motifs is 1. The summed E-state index contributed by atoms with van der Waals surface area (Å²) in [4.78, 5) is 15.6. The molecule has 1 aromatic heterocycles. The molecule has 0 saturated heterocycles. The third kappa shape index (κ3) is 3.98. The summed E-state index contributed by atoms with van der Waals surface area (Å²) in [6.07, 6.45) is 1.56. The minimum atomic E-state index is -2.64. The highest BCUT2D eigenvalue weighted by atomic mass is 28.4. The van der Waals surface area contributed by atoms with E-state index in [0.29, 0.717) is 6.54 Å². The van der Waals surface area contributed by atoms with Crippen LogP contribution < -0.4 is 15.7 Å². The van der Waals surface area contributed by atoms with Crippen LogP contribution in [-0.4, -0.2) is 35.2 Å². The summed E-state index contributed by atoms with van der Waals surface area (Å²) in [6, 6.07) is 20.9. The maximum absolute atomic E-state index is 11.1. The van der Waals surface area contributed by atoms with Gasteiger partial charge in [0.15, 0.2) is 0 Å². The molecule has 2 atom stereocenters. The molecule has 0 fully saturated rings. The Hall–Kier alpha value is -2.90. The lowest BCUT2D eigenvalue weighted by Crippen LogP contribution is -2.67. The normalized spacial score (nSPS) is 17.1. The number of amides is 1. The van der Waals surface area contributed by atoms with Crippen LogP contribution in [0.5, 0.6) is 0 Å². The Morgan fingerprint density at radius 3 is 2.19 bits per heavy atom. The van der Waals surface area contributed by atoms with E-state index in [2.05, 4.69) is 84.2 Å². The predicted octanol–water partition coefficient (Wildman–Crippen LogP) is 3.71. The van der Waals surface area contributed by atoms with Gasteiger partial charge in [-0.05, 0) is 22.3 Å². The van der Waals surface area contributed by atoms with Gasteiger partial charge in [-0.2, -0.15) is 0 Å². The number of rotatable bonds is 6. The second-order valence-electron chi connectivity index (χ2n) is 9.50. The number of hydrogen-bond acceptors (Lipinski definition) is 3. The van der Waals surface area contributed by atoms with Gasteiger partial charge in [-0.25, -0.2) is 9.78 Å². The minimum Gasteiger partial charge on any atom is -0.465 e. The first-order valence-electron chi connectivity index (χ1n) is 11.0. The standard InChI is InChI=1S/C25H31N3O3Si/c1-18(27-24(29)30)23-26-16-19-15-20(17-28(19)23)31-32(25(2,3)4,21-11-7-5-8-12-21)22-13-9-6-10-14-22/h5-14,16,18,20,27H,15,17H2,1-4H3,(H,29,30). The highest BCUT2D eigenvalue weighted by Crippen LogP contribution is 2.39. The van der Waals surface area contributed by atoms with Gasteiger partial charge in [0, 0.05) is 24.9 Å². The first-order valence-corrected chi connectivity index (χ1v) is 13.0. The molecular weight excluding hydrogens is 418 g/mol.